The summed E-state index contributed by atoms with van der Waals surface area (Å²) in [5.41, 5.74) is 5.84. The van der Waals surface area contributed by atoms with Crippen LogP contribution in [0.2, 0.25) is 0 Å². The van der Waals surface area contributed by atoms with Crippen LogP contribution in [0.15, 0.2) is 21.0 Å². The highest BCUT2D eigenvalue weighted by Crippen LogP contribution is 2.26. The number of nitrogens with two attached hydrogens (primary N) is 1. The number of nitrogen functional groups attached to an aromatic ring is 1. The second-order valence-corrected chi connectivity index (χ2v) is 7.10. The van der Waals surface area contributed by atoms with E-state index in [-0.39, 0.29) is 17.2 Å². The van der Waals surface area contributed by atoms with Gasteiger partial charge in [0.25, 0.3) is 5.56 Å². The predicted octanol–water partition coefficient (Wildman–Crippen LogP) is 0.357. The Morgan fingerprint density at radius 1 is 1.29 bits per heavy atom. The van der Waals surface area contributed by atoms with Gasteiger partial charge in [-0.3, -0.25) is 23.6 Å². The van der Waals surface area contributed by atoms with Crippen LogP contribution in [0.4, 0.5) is 5.82 Å². The zero-order chi connectivity index (χ0) is 17.6. The zero-order valence-corrected chi connectivity index (χ0v) is 14.7. The van der Waals surface area contributed by atoms with E-state index in [4.69, 9.17) is 5.73 Å². The van der Waals surface area contributed by atoms with Crippen molar-refractivity contribution in [3.05, 3.63) is 48.3 Å². The van der Waals surface area contributed by atoms with E-state index < -0.39 is 17.3 Å². The second kappa shape index (κ2) is 6.03. The second-order valence-electron chi connectivity index (χ2n) is 6.10. The van der Waals surface area contributed by atoms with Crippen molar-refractivity contribution >= 4 is 22.9 Å². The Hall–Kier alpha value is -2.19. The molecule has 1 aliphatic heterocycles. The van der Waals surface area contributed by atoms with Gasteiger partial charge in [0.1, 0.15) is 11.4 Å². The van der Waals surface area contributed by atoms with Crippen LogP contribution in [-0.2, 0) is 27.1 Å². The molecule has 0 aliphatic carbocycles. The summed E-state index contributed by atoms with van der Waals surface area (Å²) in [6, 6.07) is 1.59. The first-order valence-electron chi connectivity index (χ1n) is 7.72. The van der Waals surface area contributed by atoms with E-state index in [1.54, 1.807) is 18.3 Å². The molecule has 3 rings (SSSR count). The lowest BCUT2D eigenvalue weighted by molar-refractivity contribution is 0.0818. The zero-order valence-electron chi connectivity index (χ0n) is 13.9. The maximum atomic E-state index is 12.9. The van der Waals surface area contributed by atoms with E-state index >= 15 is 0 Å². The summed E-state index contributed by atoms with van der Waals surface area (Å²) >= 11 is 1.73. The monoisotopic (exact) mass is 348 g/mol. The van der Waals surface area contributed by atoms with Crippen molar-refractivity contribution in [1.82, 2.24) is 14.0 Å². The van der Waals surface area contributed by atoms with Gasteiger partial charge in [-0.2, -0.15) is 0 Å². The molecule has 0 amide bonds. The lowest BCUT2D eigenvalue weighted by Crippen LogP contribution is -2.47. The van der Waals surface area contributed by atoms with E-state index in [2.05, 4.69) is 11.4 Å². The molecule has 0 radical (unpaired) electrons. The van der Waals surface area contributed by atoms with Crippen molar-refractivity contribution in [2.24, 2.45) is 14.1 Å². The number of anilines is 1. The number of rotatable bonds is 3. The smallest absolute Gasteiger partial charge is 0.332 e. The highest BCUT2D eigenvalue weighted by atomic mass is 32.1. The minimum atomic E-state index is -0.638. The Bertz CT molecular complexity index is 924. The molecule has 8 heteroatoms. The third-order valence-electron chi connectivity index (χ3n) is 4.72. The van der Waals surface area contributed by atoms with Crippen molar-refractivity contribution < 1.29 is 4.79 Å². The number of Topliss-reactive ketones (excluding diaryl/α,β-unsaturated/α-hetero) is 1. The minimum Gasteiger partial charge on any atom is -0.384 e. The van der Waals surface area contributed by atoms with Gasteiger partial charge in [0.15, 0.2) is 5.78 Å². The first-order chi connectivity index (χ1) is 11.3. The van der Waals surface area contributed by atoms with E-state index in [1.165, 1.54) is 24.5 Å². The highest BCUT2D eigenvalue weighted by molar-refractivity contribution is 7.10. The van der Waals surface area contributed by atoms with Gasteiger partial charge in [-0.1, -0.05) is 0 Å². The number of hydrogen-bond acceptors (Lipinski definition) is 6. The quantitative estimate of drug-likeness (QED) is 0.809. The third kappa shape index (κ3) is 2.51. The molecule has 24 heavy (non-hydrogen) atoms. The van der Waals surface area contributed by atoms with E-state index in [0.717, 1.165) is 22.1 Å². The number of carbonyl (C=O) groups is 1. The van der Waals surface area contributed by atoms with Gasteiger partial charge in [-0.15, -0.1) is 11.3 Å². The molecule has 7 nitrogen and oxygen atoms in total. The standard InChI is InChI=1S/C16H20N4O3S/c1-9(20-6-4-11-10(8-20)5-7-24-11)13(21)12-14(17)18(2)16(23)19(3)15(12)22/h5,7,9H,4,6,8,17H2,1-3H3/t9-/m1/s1. The van der Waals surface area contributed by atoms with Crippen LogP contribution in [0.25, 0.3) is 0 Å². The maximum absolute atomic E-state index is 12.9. The number of fused-ring (bicyclic) bond motifs is 1. The van der Waals surface area contributed by atoms with Crippen LogP contribution in [-0.4, -0.2) is 32.4 Å². The van der Waals surface area contributed by atoms with Crippen molar-refractivity contribution in [3.63, 3.8) is 0 Å². The fraction of sp³-hybridized carbons (Fsp3) is 0.438. The average molecular weight is 348 g/mol. The number of ketones is 1. The number of carbonyl (C=O) groups excluding carboxylic acids is 1. The lowest BCUT2D eigenvalue weighted by atomic mass is 10.0. The van der Waals surface area contributed by atoms with Crippen molar-refractivity contribution in [1.29, 1.82) is 0 Å². The first kappa shape index (κ1) is 16.7. The molecular weight excluding hydrogens is 328 g/mol. The van der Waals surface area contributed by atoms with Crippen LogP contribution >= 0.6 is 11.3 Å². The van der Waals surface area contributed by atoms with Crippen LogP contribution in [0.3, 0.4) is 0 Å². The van der Waals surface area contributed by atoms with E-state index in [0.29, 0.717) is 6.54 Å². The molecule has 2 N–H and O–H groups in total. The van der Waals surface area contributed by atoms with E-state index in [9.17, 15) is 14.4 Å². The highest BCUT2D eigenvalue weighted by Gasteiger charge is 2.30. The van der Waals surface area contributed by atoms with Crippen molar-refractivity contribution in [2.75, 3.05) is 12.3 Å². The Labute approximate surface area is 142 Å². The number of hydrogen-bond donors (Lipinski definition) is 1. The Balaban J connectivity index is 1.96. The normalized spacial score (nSPS) is 16.0. The first-order valence-corrected chi connectivity index (χ1v) is 8.60. The molecule has 0 saturated carbocycles. The summed E-state index contributed by atoms with van der Waals surface area (Å²) in [5.74, 6) is -0.421. The fourth-order valence-corrected chi connectivity index (χ4v) is 3.96. The van der Waals surface area contributed by atoms with Crippen LogP contribution < -0.4 is 17.0 Å². The third-order valence-corrected chi connectivity index (χ3v) is 5.74. The van der Waals surface area contributed by atoms with Gasteiger partial charge in [-0.05, 0) is 30.4 Å². The maximum Gasteiger partial charge on any atom is 0.332 e. The number of aromatic nitrogens is 2. The van der Waals surface area contributed by atoms with Gasteiger partial charge in [0.05, 0.1) is 6.04 Å². The predicted molar refractivity (Wildman–Crippen MR) is 93.6 cm³/mol. The molecular formula is C16H20N4O3S. The molecule has 0 aromatic carbocycles. The van der Waals surface area contributed by atoms with Gasteiger partial charge in [0, 0.05) is 32.1 Å². The molecule has 0 fully saturated rings. The Morgan fingerprint density at radius 3 is 2.71 bits per heavy atom. The minimum absolute atomic E-state index is 0.0758. The molecule has 2 aromatic heterocycles. The van der Waals surface area contributed by atoms with Gasteiger partial charge >= 0.3 is 5.69 Å². The van der Waals surface area contributed by atoms with Crippen LogP contribution in [0, 0.1) is 0 Å². The molecule has 0 saturated heterocycles. The number of thiophene rings is 1. The molecule has 128 valence electrons. The molecule has 2 aromatic rings. The van der Waals surface area contributed by atoms with Gasteiger partial charge < -0.3 is 5.73 Å². The van der Waals surface area contributed by atoms with Gasteiger partial charge in [-0.25, -0.2) is 4.79 Å². The van der Waals surface area contributed by atoms with Crippen molar-refractivity contribution in [2.45, 2.75) is 25.9 Å². The van der Waals surface area contributed by atoms with Crippen LogP contribution in [0.5, 0.6) is 0 Å². The summed E-state index contributed by atoms with van der Waals surface area (Å²) in [4.78, 5) is 40.6. The summed E-state index contributed by atoms with van der Waals surface area (Å²) in [6.07, 6.45) is 0.894. The van der Waals surface area contributed by atoms with Gasteiger partial charge in [0.2, 0.25) is 0 Å². The summed E-state index contributed by atoms with van der Waals surface area (Å²) < 4.78 is 2.05. The largest absolute Gasteiger partial charge is 0.384 e. The molecule has 0 bridgehead atoms. The number of nitrogens with zero attached hydrogens (tertiary/aromatic N) is 3. The molecule has 3 heterocycles. The average Bonchev–Trinajstić information content (AvgIpc) is 3.05. The van der Waals surface area contributed by atoms with Crippen molar-refractivity contribution in [3.8, 4) is 0 Å². The SMILES string of the molecule is C[C@H](C(=O)c1c(N)n(C)c(=O)n(C)c1=O)N1CCc2sccc2C1. The Morgan fingerprint density at radius 2 is 2.00 bits per heavy atom. The molecule has 0 spiro atoms. The summed E-state index contributed by atoms with van der Waals surface area (Å²) in [5, 5.41) is 2.06. The lowest BCUT2D eigenvalue weighted by Gasteiger charge is -2.31. The summed E-state index contributed by atoms with van der Waals surface area (Å²) in [6.45, 7) is 3.22. The Kier molecular flexibility index (Phi) is 4.18. The fourth-order valence-electron chi connectivity index (χ4n) is 3.07. The van der Waals surface area contributed by atoms with E-state index in [1.807, 2.05) is 4.90 Å². The molecule has 0 unspecified atom stereocenters. The van der Waals surface area contributed by atoms with Crippen LogP contribution in [0.1, 0.15) is 27.7 Å². The molecule has 1 aliphatic rings. The topological polar surface area (TPSA) is 90.3 Å². The summed E-state index contributed by atoms with van der Waals surface area (Å²) in [7, 11) is 2.81. The molecule has 1 atom stereocenters.